The molecule has 0 saturated carbocycles. The molecule has 3 rings (SSSR count). The molecular weight excluding hydrogens is 256 g/mol. The summed E-state index contributed by atoms with van der Waals surface area (Å²) < 4.78 is 7.34. The third kappa shape index (κ3) is 1.91. The van der Waals surface area contributed by atoms with Gasteiger partial charge in [-0.05, 0) is 26.0 Å². The molecule has 3 heterocycles. The van der Waals surface area contributed by atoms with Gasteiger partial charge in [-0.25, -0.2) is 0 Å². The molecular formula is C15H16N2O3. The van der Waals surface area contributed by atoms with E-state index in [4.69, 9.17) is 4.74 Å². The zero-order valence-electron chi connectivity index (χ0n) is 11.4. The summed E-state index contributed by atoms with van der Waals surface area (Å²) in [5, 5.41) is 10.6. The highest BCUT2D eigenvalue weighted by atomic mass is 16.5. The molecule has 5 heteroatoms. The topological polar surface area (TPSA) is 64.4 Å². The van der Waals surface area contributed by atoms with Gasteiger partial charge in [-0.3, -0.25) is 9.78 Å². The normalized spacial score (nSPS) is 23.8. The molecule has 0 amide bonds. The number of fused-ring (bicyclic) bond motifs is 1. The van der Waals surface area contributed by atoms with Gasteiger partial charge in [-0.1, -0.05) is 6.07 Å². The number of aliphatic hydroxyl groups is 1. The van der Waals surface area contributed by atoms with Crippen molar-refractivity contribution in [3.05, 3.63) is 58.8 Å². The van der Waals surface area contributed by atoms with Crippen molar-refractivity contribution >= 4 is 0 Å². The Morgan fingerprint density at radius 2 is 2.15 bits per heavy atom. The fourth-order valence-electron chi connectivity index (χ4n) is 2.57. The van der Waals surface area contributed by atoms with Crippen LogP contribution in [0.4, 0.5) is 0 Å². The molecule has 2 atom stereocenters. The van der Waals surface area contributed by atoms with Crippen molar-refractivity contribution in [2.24, 2.45) is 0 Å². The molecule has 0 radical (unpaired) electrons. The van der Waals surface area contributed by atoms with E-state index < -0.39 is 17.7 Å². The summed E-state index contributed by atoms with van der Waals surface area (Å²) in [4.78, 5) is 16.2. The van der Waals surface area contributed by atoms with Gasteiger partial charge in [0.15, 0.2) is 0 Å². The van der Waals surface area contributed by atoms with Crippen LogP contribution in [-0.2, 0) is 0 Å². The fraction of sp³-hybridized carbons (Fsp3) is 0.333. The number of aromatic nitrogens is 2. The van der Waals surface area contributed by atoms with Gasteiger partial charge < -0.3 is 14.4 Å². The summed E-state index contributed by atoms with van der Waals surface area (Å²) in [5.74, 6) is 0.649. The van der Waals surface area contributed by atoms with Crippen molar-refractivity contribution in [2.75, 3.05) is 0 Å². The zero-order chi connectivity index (χ0) is 14.3. The van der Waals surface area contributed by atoms with Gasteiger partial charge in [0.25, 0.3) is 5.56 Å². The van der Waals surface area contributed by atoms with Crippen LogP contribution in [0.25, 0.3) is 0 Å². The average molecular weight is 272 g/mol. The summed E-state index contributed by atoms with van der Waals surface area (Å²) in [6.07, 6.45) is 4.10. The van der Waals surface area contributed by atoms with Crippen LogP contribution >= 0.6 is 0 Å². The standard InChI is InChI=1S/C15H16N2O3/c1-15(2)14(19)13(17-8-4-3-5-12(17)18)10-9-16-7-6-11(10)20-15/h3-9,13-14,19H,1-2H3/t13-,14+/m1/s1. The molecule has 0 aromatic carbocycles. The van der Waals surface area contributed by atoms with Crippen LogP contribution < -0.4 is 10.3 Å². The Labute approximate surface area is 116 Å². The molecule has 104 valence electrons. The molecule has 2 aromatic heterocycles. The van der Waals surface area contributed by atoms with Crippen LogP contribution in [0.1, 0.15) is 25.5 Å². The van der Waals surface area contributed by atoms with Gasteiger partial charge in [0, 0.05) is 30.2 Å². The van der Waals surface area contributed by atoms with Crippen molar-refractivity contribution in [3.8, 4) is 5.75 Å². The van der Waals surface area contributed by atoms with Gasteiger partial charge >= 0.3 is 0 Å². The predicted molar refractivity (Wildman–Crippen MR) is 73.8 cm³/mol. The Morgan fingerprint density at radius 1 is 1.35 bits per heavy atom. The van der Waals surface area contributed by atoms with E-state index in [1.165, 1.54) is 10.6 Å². The Hall–Kier alpha value is -2.14. The molecule has 0 saturated heterocycles. The summed E-state index contributed by atoms with van der Waals surface area (Å²) in [6.45, 7) is 3.62. The molecule has 1 aliphatic heterocycles. The molecule has 0 aliphatic carbocycles. The highest BCUT2D eigenvalue weighted by molar-refractivity contribution is 5.38. The highest BCUT2D eigenvalue weighted by Crippen LogP contribution is 2.40. The number of rotatable bonds is 1. The molecule has 0 spiro atoms. The lowest BCUT2D eigenvalue weighted by molar-refractivity contribution is -0.0644. The monoisotopic (exact) mass is 272 g/mol. The van der Waals surface area contributed by atoms with Crippen LogP contribution in [0.15, 0.2) is 47.7 Å². The smallest absolute Gasteiger partial charge is 0.251 e. The number of ether oxygens (including phenoxy) is 1. The maximum Gasteiger partial charge on any atom is 0.251 e. The fourth-order valence-corrected chi connectivity index (χ4v) is 2.57. The van der Waals surface area contributed by atoms with Crippen LogP contribution in [0.2, 0.25) is 0 Å². The zero-order valence-corrected chi connectivity index (χ0v) is 11.4. The van der Waals surface area contributed by atoms with Crippen molar-refractivity contribution in [2.45, 2.75) is 31.6 Å². The van der Waals surface area contributed by atoms with Gasteiger partial charge in [0.1, 0.15) is 17.5 Å². The van der Waals surface area contributed by atoms with E-state index in [9.17, 15) is 9.90 Å². The second-order valence-electron chi connectivity index (χ2n) is 5.45. The third-order valence-corrected chi connectivity index (χ3v) is 3.66. The maximum absolute atomic E-state index is 12.1. The first-order valence-electron chi connectivity index (χ1n) is 6.49. The first-order chi connectivity index (χ1) is 9.50. The Morgan fingerprint density at radius 3 is 2.90 bits per heavy atom. The highest BCUT2D eigenvalue weighted by Gasteiger charge is 2.44. The van der Waals surface area contributed by atoms with E-state index in [1.54, 1.807) is 36.8 Å². The van der Waals surface area contributed by atoms with Gasteiger partial charge in [-0.15, -0.1) is 0 Å². The number of nitrogens with zero attached hydrogens (tertiary/aromatic N) is 2. The third-order valence-electron chi connectivity index (χ3n) is 3.66. The van der Waals surface area contributed by atoms with Crippen molar-refractivity contribution in [1.29, 1.82) is 0 Å². The first kappa shape index (κ1) is 12.9. The predicted octanol–water partition coefficient (Wildman–Crippen LogP) is 1.36. The summed E-state index contributed by atoms with van der Waals surface area (Å²) >= 11 is 0. The minimum atomic E-state index is -0.848. The summed E-state index contributed by atoms with van der Waals surface area (Å²) in [5.41, 5.74) is -0.231. The van der Waals surface area contributed by atoms with E-state index in [0.29, 0.717) is 11.3 Å². The lowest BCUT2D eigenvalue weighted by atomic mass is 9.87. The lowest BCUT2D eigenvalue weighted by Gasteiger charge is -2.42. The quantitative estimate of drug-likeness (QED) is 0.851. The summed E-state index contributed by atoms with van der Waals surface area (Å²) in [6, 6.07) is 6.18. The largest absolute Gasteiger partial charge is 0.485 e. The van der Waals surface area contributed by atoms with Crippen molar-refractivity contribution < 1.29 is 9.84 Å². The number of aliphatic hydroxyl groups excluding tert-OH is 1. The van der Waals surface area contributed by atoms with E-state index in [-0.39, 0.29) is 5.56 Å². The molecule has 0 bridgehead atoms. The number of pyridine rings is 2. The van der Waals surface area contributed by atoms with E-state index in [1.807, 2.05) is 13.8 Å². The Bertz CT molecular complexity index is 693. The van der Waals surface area contributed by atoms with Gasteiger partial charge in [0.05, 0.1) is 6.04 Å². The molecule has 2 aromatic rings. The molecule has 1 aliphatic rings. The number of hydrogen-bond acceptors (Lipinski definition) is 4. The van der Waals surface area contributed by atoms with E-state index >= 15 is 0 Å². The SMILES string of the molecule is CC1(C)Oc2ccncc2[C@@H](n2ccccc2=O)[C@@H]1O. The second kappa shape index (κ2) is 4.45. The minimum Gasteiger partial charge on any atom is -0.485 e. The Kier molecular flexibility index (Phi) is 2.87. The van der Waals surface area contributed by atoms with E-state index in [0.717, 1.165) is 0 Å². The summed E-state index contributed by atoms with van der Waals surface area (Å²) in [7, 11) is 0. The van der Waals surface area contributed by atoms with Crippen LogP contribution in [0.5, 0.6) is 5.75 Å². The molecule has 20 heavy (non-hydrogen) atoms. The van der Waals surface area contributed by atoms with Crippen LogP contribution in [-0.4, -0.2) is 26.4 Å². The molecule has 0 unspecified atom stereocenters. The molecule has 1 N–H and O–H groups in total. The van der Waals surface area contributed by atoms with E-state index in [2.05, 4.69) is 4.98 Å². The van der Waals surface area contributed by atoms with Gasteiger partial charge in [-0.2, -0.15) is 0 Å². The van der Waals surface area contributed by atoms with Crippen molar-refractivity contribution in [1.82, 2.24) is 9.55 Å². The molecule has 5 nitrogen and oxygen atoms in total. The van der Waals surface area contributed by atoms with Crippen molar-refractivity contribution in [3.63, 3.8) is 0 Å². The maximum atomic E-state index is 12.1. The average Bonchev–Trinajstić information content (AvgIpc) is 2.41. The lowest BCUT2D eigenvalue weighted by Crippen LogP contribution is -2.52. The number of hydrogen-bond donors (Lipinski definition) is 1. The van der Waals surface area contributed by atoms with Crippen LogP contribution in [0, 0.1) is 0 Å². The van der Waals surface area contributed by atoms with Gasteiger partial charge in [0.2, 0.25) is 0 Å². The van der Waals surface area contributed by atoms with Crippen LogP contribution in [0.3, 0.4) is 0 Å². The second-order valence-corrected chi connectivity index (χ2v) is 5.45. The Balaban J connectivity index is 2.23. The minimum absolute atomic E-state index is 0.163. The first-order valence-corrected chi connectivity index (χ1v) is 6.49. The molecule has 0 fully saturated rings.